The van der Waals surface area contributed by atoms with Gasteiger partial charge in [-0.25, -0.2) is 0 Å². The molecule has 0 spiro atoms. The highest BCUT2D eigenvalue weighted by molar-refractivity contribution is 8.04. The molecule has 0 saturated carbocycles. The number of methoxy groups -OCH3 is 2. The van der Waals surface area contributed by atoms with Crippen LogP contribution in [0.3, 0.4) is 0 Å². The van der Waals surface area contributed by atoms with Crippen molar-refractivity contribution in [2.75, 3.05) is 38.0 Å². The molecule has 2 N–H and O–H groups in total. The van der Waals surface area contributed by atoms with E-state index in [2.05, 4.69) is 10.6 Å². The molecule has 0 atom stereocenters. The minimum absolute atomic E-state index is 0.185. The molecule has 0 aromatic heterocycles. The molecule has 3 aromatic rings. The van der Waals surface area contributed by atoms with Gasteiger partial charge in [-0.1, -0.05) is 35.5 Å². The number of nitrogens with one attached hydrogen (secondary N) is 2. The molecule has 1 aliphatic heterocycles. The Hall–Kier alpha value is -3.79. The van der Waals surface area contributed by atoms with Crippen LogP contribution in [0.15, 0.2) is 82.2 Å². The Labute approximate surface area is 236 Å². The van der Waals surface area contributed by atoms with E-state index in [4.69, 9.17) is 21.1 Å². The lowest BCUT2D eigenvalue weighted by Gasteiger charge is -2.15. The first-order chi connectivity index (χ1) is 18.8. The Balaban J connectivity index is 1.57. The quantitative estimate of drug-likeness (QED) is 0.226. The van der Waals surface area contributed by atoms with Crippen LogP contribution in [-0.4, -0.2) is 50.0 Å². The largest absolute Gasteiger partial charge is 0.495 e. The van der Waals surface area contributed by atoms with Gasteiger partial charge < -0.3 is 20.1 Å². The van der Waals surface area contributed by atoms with E-state index in [1.54, 1.807) is 68.8 Å². The van der Waals surface area contributed by atoms with E-state index in [0.29, 0.717) is 40.7 Å². The van der Waals surface area contributed by atoms with Crippen LogP contribution in [0, 0.1) is 6.92 Å². The van der Waals surface area contributed by atoms with Gasteiger partial charge in [-0.2, -0.15) is 0 Å². The molecule has 202 valence electrons. The second-order valence-electron chi connectivity index (χ2n) is 8.73. The predicted octanol–water partition coefficient (Wildman–Crippen LogP) is 5.73. The summed E-state index contributed by atoms with van der Waals surface area (Å²) in [5, 5.41) is 6.46. The molecule has 8 nitrogen and oxygen atoms in total. The molecular formula is C29H28ClN3O5S. The van der Waals surface area contributed by atoms with Crippen molar-refractivity contribution < 1.29 is 23.9 Å². The maximum atomic E-state index is 13.4. The number of ether oxygens (including phenoxy) is 2. The van der Waals surface area contributed by atoms with E-state index >= 15 is 0 Å². The van der Waals surface area contributed by atoms with E-state index < -0.39 is 5.91 Å². The zero-order chi connectivity index (χ0) is 27.9. The minimum Gasteiger partial charge on any atom is -0.495 e. The van der Waals surface area contributed by atoms with E-state index in [0.717, 1.165) is 10.5 Å². The fraction of sp³-hybridized carbons (Fsp3) is 0.207. The second-order valence-corrected chi connectivity index (χ2v) is 10.3. The lowest BCUT2D eigenvalue weighted by molar-refractivity contribution is -0.137. The number of carbonyl (C=O) groups is 3. The van der Waals surface area contributed by atoms with Crippen molar-refractivity contribution in [3.8, 4) is 5.75 Å². The van der Waals surface area contributed by atoms with Crippen LogP contribution in [0.2, 0.25) is 5.02 Å². The second kappa shape index (κ2) is 12.8. The number of halogens is 1. The zero-order valence-corrected chi connectivity index (χ0v) is 23.3. The van der Waals surface area contributed by atoms with Gasteiger partial charge in [-0.15, -0.1) is 0 Å². The minimum atomic E-state index is -0.410. The Bertz CT molecular complexity index is 1420. The summed E-state index contributed by atoms with van der Waals surface area (Å²) in [4.78, 5) is 41.5. The number of hydrogen-bond acceptors (Lipinski definition) is 7. The summed E-state index contributed by atoms with van der Waals surface area (Å²) >= 11 is 7.17. The molecule has 0 aliphatic carbocycles. The Morgan fingerprint density at radius 3 is 2.46 bits per heavy atom. The van der Waals surface area contributed by atoms with Crippen LogP contribution in [0.4, 0.5) is 11.4 Å². The van der Waals surface area contributed by atoms with Crippen molar-refractivity contribution in [1.29, 1.82) is 0 Å². The van der Waals surface area contributed by atoms with Crippen LogP contribution < -0.4 is 15.4 Å². The number of nitrogens with zero attached hydrogens (tertiary/aromatic N) is 1. The highest BCUT2D eigenvalue weighted by atomic mass is 35.5. The molecule has 0 fully saturated rings. The molecule has 0 unspecified atom stereocenters. The topological polar surface area (TPSA) is 97.0 Å². The summed E-state index contributed by atoms with van der Waals surface area (Å²) in [5.41, 5.74) is 2.76. The number of anilines is 2. The van der Waals surface area contributed by atoms with Crippen molar-refractivity contribution in [3.63, 3.8) is 0 Å². The maximum absolute atomic E-state index is 13.4. The zero-order valence-electron chi connectivity index (χ0n) is 21.7. The predicted molar refractivity (Wildman–Crippen MR) is 153 cm³/mol. The average Bonchev–Trinajstić information content (AvgIpc) is 3.14. The molecule has 1 aliphatic rings. The van der Waals surface area contributed by atoms with E-state index in [9.17, 15) is 14.4 Å². The summed E-state index contributed by atoms with van der Waals surface area (Å²) < 4.78 is 10.6. The van der Waals surface area contributed by atoms with Crippen LogP contribution in [-0.2, 0) is 14.3 Å². The lowest BCUT2D eigenvalue weighted by atomic mass is 10.2. The molecule has 39 heavy (non-hydrogen) atoms. The van der Waals surface area contributed by atoms with Crippen molar-refractivity contribution in [3.05, 3.63) is 93.5 Å². The van der Waals surface area contributed by atoms with Crippen LogP contribution in [0.1, 0.15) is 22.3 Å². The Morgan fingerprint density at radius 2 is 1.77 bits per heavy atom. The highest BCUT2D eigenvalue weighted by Crippen LogP contribution is 2.38. The number of hydrogen-bond donors (Lipinski definition) is 2. The van der Waals surface area contributed by atoms with E-state index in [1.165, 1.54) is 16.7 Å². The van der Waals surface area contributed by atoms with Crippen LogP contribution >= 0.6 is 23.4 Å². The smallest absolute Gasteiger partial charge is 0.278 e. The Morgan fingerprint density at radius 1 is 1.00 bits per heavy atom. The Kier molecular flexibility index (Phi) is 9.29. The van der Waals surface area contributed by atoms with Crippen molar-refractivity contribution in [2.24, 2.45) is 0 Å². The molecule has 0 saturated heterocycles. The molecular weight excluding hydrogens is 538 g/mol. The number of rotatable bonds is 11. The van der Waals surface area contributed by atoms with Gasteiger partial charge in [0.05, 0.1) is 12.8 Å². The molecule has 3 amide bonds. The SMILES string of the molecule is COCCCN1C(=O)C(Nc2cc(C)ccc2OC)=C(Sc2ccc(NC(=O)c3cccc(Cl)c3)cc2)C1=O. The maximum Gasteiger partial charge on any atom is 0.278 e. The van der Waals surface area contributed by atoms with Crippen LogP contribution in [0.5, 0.6) is 5.75 Å². The fourth-order valence-corrected chi connectivity index (χ4v) is 5.08. The van der Waals surface area contributed by atoms with Gasteiger partial charge in [-0.3, -0.25) is 19.3 Å². The van der Waals surface area contributed by atoms with Gasteiger partial charge in [-0.05, 0) is 73.5 Å². The first-order valence-corrected chi connectivity index (χ1v) is 13.4. The lowest BCUT2D eigenvalue weighted by Crippen LogP contribution is -2.33. The average molecular weight is 566 g/mol. The van der Waals surface area contributed by atoms with Gasteiger partial charge >= 0.3 is 0 Å². The van der Waals surface area contributed by atoms with Gasteiger partial charge in [0.15, 0.2) is 0 Å². The molecule has 3 aromatic carbocycles. The van der Waals surface area contributed by atoms with Gasteiger partial charge in [0, 0.05) is 41.4 Å². The first-order valence-electron chi connectivity index (χ1n) is 12.2. The van der Waals surface area contributed by atoms with Gasteiger partial charge in [0.2, 0.25) is 0 Å². The summed E-state index contributed by atoms with van der Waals surface area (Å²) in [6.45, 7) is 2.59. The summed E-state index contributed by atoms with van der Waals surface area (Å²) in [6, 6.07) is 19.3. The number of thioether (sulfide) groups is 1. The fourth-order valence-electron chi connectivity index (χ4n) is 3.94. The van der Waals surface area contributed by atoms with Crippen molar-refractivity contribution in [1.82, 2.24) is 4.90 Å². The number of amides is 3. The van der Waals surface area contributed by atoms with Gasteiger partial charge in [0.1, 0.15) is 16.4 Å². The molecule has 10 heteroatoms. The standard InChI is InChI=1S/C29H28ClN3O5S/c1-18-8-13-24(38-3)23(16-18)32-25-26(29(36)33(28(25)35)14-5-15-37-2)39-22-11-9-21(10-12-22)31-27(34)19-6-4-7-20(30)17-19/h4,6-13,16-17,32H,5,14-15H2,1-3H3,(H,31,34). The third kappa shape index (κ3) is 6.81. The summed E-state index contributed by atoms with van der Waals surface area (Å²) in [7, 11) is 3.12. The summed E-state index contributed by atoms with van der Waals surface area (Å²) in [6.07, 6.45) is 0.522. The number of benzene rings is 3. The van der Waals surface area contributed by atoms with Crippen molar-refractivity contribution >= 4 is 52.5 Å². The van der Waals surface area contributed by atoms with Gasteiger partial charge in [0.25, 0.3) is 17.7 Å². The molecule has 4 rings (SSSR count). The first kappa shape index (κ1) is 28.2. The van der Waals surface area contributed by atoms with E-state index in [1.807, 2.05) is 19.1 Å². The number of carbonyl (C=O) groups excluding carboxylic acids is 3. The summed E-state index contributed by atoms with van der Waals surface area (Å²) in [5.74, 6) is -0.529. The van der Waals surface area contributed by atoms with Crippen molar-refractivity contribution in [2.45, 2.75) is 18.2 Å². The highest BCUT2D eigenvalue weighted by Gasteiger charge is 2.39. The normalized spacial score (nSPS) is 13.2. The third-order valence-corrected chi connectivity index (χ3v) is 7.22. The van der Waals surface area contributed by atoms with E-state index in [-0.39, 0.29) is 29.0 Å². The molecule has 0 radical (unpaired) electrons. The monoisotopic (exact) mass is 565 g/mol. The molecule has 0 bridgehead atoms. The molecule has 1 heterocycles. The number of aryl methyl sites for hydroxylation is 1. The number of imide groups is 1. The van der Waals surface area contributed by atoms with Crippen LogP contribution in [0.25, 0.3) is 0 Å². The third-order valence-electron chi connectivity index (χ3n) is 5.89.